The molecule has 5 aliphatic rings. The molecule has 3 heterocycles. The lowest BCUT2D eigenvalue weighted by molar-refractivity contribution is -0.269. The Kier molecular flexibility index (Phi) is 9.14. The summed E-state index contributed by atoms with van der Waals surface area (Å²) >= 11 is 0. The van der Waals surface area contributed by atoms with Gasteiger partial charge in [-0.25, -0.2) is 0 Å². The van der Waals surface area contributed by atoms with E-state index in [1.165, 1.54) is 25.3 Å². The third kappa shape index (κ3) is 5.56. The molecule has 50 heavy (non-hydrogen) atoms. The molecule has 0 bridgehead atoms. The van der Waals surface area contributed by atoms with Crippen LogP contribution in [0.1, 0.15) is 82.7 Å². The Morgan fingerprint density at radius 2 is 1.90 bits per heavy atom. The molecule has 15 nitrogen and oxygen atoms in total. The van der Waals surface area contributed by atoms with Crippen molar-refractivity contribution in [1.29, 1.82) is 0 Å². The maximum absolute atomic E-state index is 14.0. The Morgan fingerprint density at radius 3 is 2.62 bits per heavy atom. The van der Waals surface area contributed by atoms with Gasteiger partial charge in [0.25, 0.3) is 5.91 Å². The molecule has 15 heteroatoms. The van der Waals surface area contributed by atoms with Crippen molar-refractivity contribution in [2.75, 3.05) is 33.4 Å². The first-order valence-electron chi connectivity index (χ1n) is 17.0. The average Bonchev–Trinajstić information content (AvgIpc) is 3.47. The number of fused-ring (bicyclic) bond motifs is 6. The number of hydrogen-bond donors (Lipinski definition) is 5. The van der Waals surface area contributed by atoms with Crippen LogP contribution in [0.15, 0.2) is 18.2 Å². The molecule has 3 saturated heterocycles. The molecule has 270 valence electrons. The molecule has 3 fully saturated rings. The summed E-state index contributed by atoms with van der Waals surface area (Å²) in [7, 11) is 1.36. The van der Waals surface area contributed by atoms with Crippen LogP contribution in [0.2, 0.25) is 0 Å². The second-order valence-electron chi connectivity index (χ2n) is 13.7. The van der Waals surface area contributed by atoms with E-state index >= 15 is 0 Å². The molecule has 2 aromatic rings. The highest BCUT2D eigenvalue weighted by atomic mass is 16.7. The molecule has 8 atom stereocenters. The minimum Gasteiger partial charge on any atom is -0.507 e. The standard InChI is InChI=1S/C35H43N3O12/c1-15(2)47-33-32-38(10-11-46-33)19-12-22(48-16(3)31(19)50-32)49-21-14-35(44,34(43)37-9-8-36)13-18-24(21)30(42)26-25(28(18)40)27(39)17-6-5-7-20(45-4)23(17)29(26)41/h5-7,15-16,19,21-22,31-33,40,42,44H,8-14,36H2,1-4H3,(H,37,43)/t16-,19-,21-,22-,31+,32+,33+,35-/m0/s1. The number of carbonyl (C=O) groups is 3. The van der Waals surface area contributed by atoms with Gasteiger partial charge in [-0.15, -0.1) is 0 Å². The first-order chi connectivity index (χ1) is 23.9. The third-order valence-electron chi connectivity index (χ3n) is 10.2. The van der Waals surface area contributed by atoms with Crippen LogP contribution in [-0.2, 0) is 34.9 Å². The number of ketones is 2. The van der Waals surface area contributed by atoms with Crippen molar-refractivity contribution in [3.05, 3.63) is 51.6 Å². The fourth-order valence-electron chi connectivity index (χ4n) is 8.04. The van der Waals surface area contributed by atoms with Crippen LogP contribution in [0.5, 0.6) is 17.2 Å². The number of nitrogens with one attached hydrogen (secondary N) is 1. The Balaban J connectivity index is 1.27. The van der Waals surface area contributed by atoms with Crippen LogP contribution in [0.4, 0.5) is 0 Å². The number of nitrogens with zero attached hydrogens (tertiary/aromatic N) is 1. The smallest absolute Gasteiger partial charge is 0.252 e. The second kappa shape index (κ2) is 13.1. The van der Waals surface area contributed by atoms with E-state index in [-0.39, 0.29) is 65.8 Å². The fraction of sp³-hybridized carbons (Fsp3) is 0.571. The summed E-state index contributed by atoms with van der Waals surface area (Å²) in [5.74, 6) is -3.32. The van der Waals surface area contributed by atoms with E-state index in [4.69, 9.17) is 34.2 Å². The number of methoxy groups -OCH3 is 1. The number of hydrogen-bond acceptors (Lipinski definition) is 14. The lowest BCUT2D eigenvalue weighted by Crippen LogP contribution is -2.56. The van der Waals surface area contributed by atoms with Crippen molar-refractivity contribution < 1.29 is 58.1 Å². The first-order valence-corrected chi connectivity index (χ1v) is 17.0. The van der Waals surface area contributed by atoms with Gasteiger partial charge in [0.05, 0.1) is 48.7 Å². The van der Waals surface area contributed by atoms with Crippen molar-refractivity contribution in [3.63, 3.8) is 0 Å². The number of aliphatic hydroxyl groups is 1. The molecule has 0 aromatic heterocycles. The Morgan fingerprint density at radius 1 is 1.14 bits per heavy atom. The van der Waals surface area contributed by atoms with Crippen molar-refractivity contribution in [3.8, 4) is 17.2 Å². The van der Waals surface area contributed by atoms with E-state index in [0.29, 0.717) is 19.6 Å². The number of carbonyl (C=O) groups excluding carboxylic acids is 3. The predicted molar refractivity (Wildman–Crippen MR) is 173 cm³/mol. The van der Waals surface area contributed by atoms with E-state index < -0.39 is 83.1 Å². The molecular formula is C35H43N3O12. The highest BCUT2D eigenvalue weighted by Gasteiger charge is 2.55. The maximum atomic E-state index is 14.0. The zero-order valence-corrected chi connectivity index (χ0v) is 28.3. The summed E-state index contributed by atoms with van der Waals surface area (Å²) in [4.78, 5) is 43.4. The largest absolute Gasteiger partial charge is 0.507 e. The van der Waals surface area contributed by atoms with Gasteiger partial charge in [-0.3, -0.25) is 19.3 Å². The minimum atomic E-state index is -2.15. The number of benzene rings is 2. The zero-order valence-electron chi connectivity index (χ0n) is 28.3. The molecule has 2 aromatic carbocycles. The maximum Gasteiger partial charge on any atom is 0.252 e. The summed E-state index contributed by atoms with van der Waals surface area (Å²) in [6.45, 7) is 6.89. The monoisotopic (exact) mass is 697 g/mol. The number of aromatic hydroxyl groups is 2. The zero-order chi connectivity index (χ0) is 35.6. The van der Waals surface area contributed by atoms with Gasteiger partial charge in [0, 0.05) is 61.6 Å². The Hall–Kier alpha value is -3.67. The van der Waals surface area contributed by atoms with Crippen LogP contribution >= 0.6 is 0 Å². The van der Waals surface area contributed by atoms with Gasteiger partial charge in [-0.2, -0.15) is 0 Å². The molecule has 2 aliphatic carbocycles. The van der Waals surface area contributed by atoms with Gasteiger partial charge in [-0.1, -0.05) is 12.1 Å². The molecule has 0 unspecified atom stereocenters. The van der Waals surface area contributed by atoms with Gasteiger partial charge in [0.2, 0.25) is 5.78 Å². The van der Waals surface area contributed by atoms with Crippen molar-refractivity contribution in [2.45, 2.75) is 94.9 Å². The first kappa shape index (κ1) is 34.8. The second-order valence-corrected chi connectivity index (χ2v) is 13.7. The summed E-state index contributed by atoms with van der Waals surface area (Å²) in [6.07, 6.45) is -4.68. The Labute approximate surface area is 288 Å². The Bertz CT molecular complexity index is 1720. The quantitative estimate of drug-likeness (QED) is 0.208. The summed E-state index contributed by atoms with van der Waals surface area (Å²) in [6, 6.07) is 4.32. The van der Waals surface area contributed by atoms with Crippen molar-refractivity contribution >= 4 is 17.5 Å². The number of amides is 1. The van der Waals surface area contributed by atoms with E-state index in [1.54, 1.807) is 0 Å². The molecule has 1 amide bonds. The van der Waals surface area contributed by atoms with E-state index in [0.717, 1.165) is 0 Å². The highest BCUT2D eigenvalue weighted by molar-refractivity contribution is 6.31. The predicted octanol–water partition coefficient (Wildman–Crippen LogP) is 1.00. The van der Waals surface area contributed by atoms with E-state index in [9.17, 15) is 29.7 Å². The highest BCUT2D eigenvalue weighted by Crippen LogP contribution is 2.53. The average molecular weight is 698 g/mol. The summed E-state index contributed by atoms with van der Waals surface area (Å²) in [5.41, 5.74) is 2.43. The van der Waals surface area contributed by atoms with Crippen molar-refractivity contribution in [1.82, 2.24) is 10.2 Å². The van der Waals surface area contributed by atoms with Gasteiger partial charge in [0.1, 0.15) is 29.0 Å². The molecule has 0 saturated carbocycles. The minimum absolute atomic E-state index is 0.0172. The number of rotatable bonds is 8. The molecule has 6 N–H and O–H groups in total. The van der Waals surface area contributed by atoms with Crippen LogP contribution in [0, 0.1) is 0 Å². The third-order valence-corrected chi connectivity index (χ3v) is 10.2. The molecule has 3 aliphatic heterocycles. The number of morpholine rings is 1. The van der Waals surface area contributed by atoms with Crippen LogP contribution in [0.3, 0.4) is 0 Å². The van der Waals surface area contributed by atoms with Gasteiger partial charge < -0.3 is 54.8 Å². The molecular weight excluding hydrogens is 654 g/mol. The molecule has 0 radical (unpaired) electrons. The van der Waals surface area contributed by atoms with Gasteiger partial charge in [0.15, 0.2) is 24.6 Å². The van der Waals surface area contributed by atoms with Crippen molar-refractivity contribution in [2.24, 2.45) is 5.73 Å². The van der Waals surface area contributed by atoms with Crippen LogP contribution < -0.4 is 15.8 Å². The number of phenolic OH excluding ortho intramolecular Hbond substituents is 2. The summed E-state index contributed by atoms with van der Waals surface area (Å²) in [5, 5.41) is 38.1. The van der Waals surface area contributed by atoms with Crippen LogP contribution in [0.25, 0.3) is 0 Å². The van der Waals surface area contributed by atoms with Gasteiger partial charge >= 0.3 is 0 Å². The van der Waals surface area contributed by atoms with E-state index in [2.05, 4.69) is 10.2 Å². The van der Waals surface area contributed by atoms with E-state index in [1.807, 2.05) is 20.8 Å². The molecule has 7 rings (SSSR count). The summed E-state index contributed by atoms with van der Waals surface area (Å²) < 4.78 is 36.5. The molecule has 0 spiro atoms. The lowest BCUT2D eigenvalue weighted by atomic mass is 9.72. The normalized spacial score (nSPS) is 31.8. The topological polar surface area (TPSA) is 209 Å². The SMILES string of the molecule is COc1cccc2c1C(=O)c1c(O)c3c(c(O)c1C2=O)C[C@@](O)(C(=O)NCCN)C[C@@H]3O[C@H]1C[C@H]2[C@H](O[C@@H]3[C@@H](OC(C)C)OCCN32)[C@H](C)O1. The number of nitrogens with two attached hydrogens (primary N) is 1. The van der Waals surface area contributed by atoms with Crippen LogP contribution in [-0.4, -0.2) is 120 Å². The number of ether oxygens (including phenoxy) is 6. The fourth-order valence-corrected chi connectivity index (χ4v) is 8.04. The van der Waals surface area contributed by atoms with Gasteiger partial charge in [-0.05, 0) is 26.8 Å². The number of phenols is 2. The lowest BCUT2D eigenvalue weighted by Gasteiger charge is -2.43.